The van der Waals surface area contributed by atoms with Gasteiger partial charge in [0.2, 0.25) is 0 Å². The van der Waals surface area contributed by atoms with Gasteiger partial charge < -0.3 is 6.42 Å². The van der Waals surface area contributed by atoms with Crippen LogP contribution in [-0.2, 0) is 0 Å². The van der Waals surface area contributed by atoms with Crippen molar-refractivity contribution in [1.29, 1.82) is 0 Å². The molecule has 0 amide bonds. The Hall–Kier alpha value is 0.597. The van der Waals surface area contributed by atoms with Gasteiger partial charge in [0.15, 0.2) is 0 Å². The van der Waals surface area contributed by atoms with Crippen molar-refractivity contribution in [1.82, 2.24) is 0 Å². The Morgan fingerprint density at radius 3 is 1.33 bits per heavy atom. The first-order valence-electron chi connectivity index (χ1n) is 2.15. The minimum Gasteiger partial charge on any atom is -0.327 e. The zero-order chi connectivity index (χ0) is 3.86. The number of rotatable bonds is 0. The van der Waals surface area contributed by atoms with Gasteiger partial charge in [-0.3, -0.25) is 0 Å². The van der Waals surface area contributed by atoms with Crippen molar-refractivity contribution >= 4 is 0 Å². The van der Waals surface area contributed by atoms with Crippen LogP contribution in [0.25, 0.3) is 0 Å². The van der Waals surface area contributed by atoms with E-state index in [1.54, 1.807) is 0 Å². The van der Waals surface area contributed by atoms with Gasteiger partial charge in [-0.2, -0.15) is 11.8 Å². The summed E-state index contributed by atoms with van der Waals surface area (Å²) in [4.78, 5) is 0. The van der Waals surface area contributed by atoms with Crippen molar-refractivity contribution in [3.63, 3.8) is 0 Å². The molecule has 0 aromatic rings. The van der Waals surface area contributed by atoms with Crippen LogP contribution in [0.4, 0.5) is 0 Å². The summed E-state index contributed by atoms with van der Waals surface area (Å²) in [5, 5.41) is 0. The summed E-state index contributed by atoms with van der Waals surface area (Å²) in [6.07, 6.45) is 2.33. The standard InChI is InChI=1S/C5H9.Li/c1-4-3-5(4)2;/h3-5H,1-2H3;/q-1;+1/t4-,5-;/m0./s1. The molecular formula is C5H9Li. The third-order valence-corrected chi connectivity index (χ3v) is 1.30. The predicted molar refractivity (Wildman–Crippen MR) is 22.6 cm³/mol. The maximum atomic E-state index is 2.33. The van der Waals surface area contributed by atoms with Crippen molar-refractivity contribution in [3.05, 3.63) is 6.42 Å². The second-order valence-electron chi connectivity index (χ2n) is 1.91. The average molecular weight is 76.1 g/mol. The van der Waals surface area contributed by atoms with Gasteiger partial charge in [-0.25, -0.2) is 0 Å². The molecule has 1 fully saturated rings. The van der Waals surface area contributed by atoms with E-state index in [1.807, 2.05) is 0 Å². The molecule has 0 aliphatic heterocycles. The van der Waals surface area contributed by atoms with E-state index in [1.165, 1.54) is 0 Å². The van der Waals surface area contributed by atoms with E-state index in [4.69, 9.17) is 0 Å². The average Bonchev–Trinajstić information content (AvgIpc) is 1.79. The Labute approximate surface area is 51.5 Å². The molecule has 1 aliphatic rings. The van der Waals surface area contributed by atoms with Crippen molar-refractivity contribution in [2.24, 2.45) is 11.8 Å². The zero-order valence-corrected chi connectivity index (χ0v) is 4.73. The molecule has 0 spiro atoms. The molecule has 0 bridgehead atoms. The van der Waals surface area contributed by atoms with Crippen LogP contribution in [0.3, 0.4) is 0 Å². The van der Waals surface area contributed by atoms with Crippen molar-refractivity contribution in [3.8, 4) is 0 Å². The zero-order valence-electron chi connectivity index (χ0n) is 4.73. The summed E-state index contributed by atoms with van der Waals surface area (Å²) in [6, 6.07) is 0. The van der Waals surface area contributed by atoms with Crippen LogP contribution < -0.4 is 18.9 Å². The van der Waals surface area contributed by atoms with E-state index < -0.39 is 0 Å². The van der Waals surface area contributed by atoms with Crippen molar-refractivity contribution in [2.75, 3.05) is 0 Å². The maximum Gasteiger partial charge on any atom is 1.00 e. The van der Waals surface area contributed by atoms with Crippen LogP contribution in [0.5, 0.6) is 0 Å². The Morgan fingerprint density at radius 1 is 1.17 bits per heavy atom. The van der Waals surface area contributed by atoms with E-state index in [2.05, 4.69) is 20.3 Å². The SMILES string of the molecule is C[C@H]1[CH-][C@@H]1C.[Li+]. The molecule has 1 aliphatic carbocycles. The molecule has 0 aromatic carbocycles. The molecule has 0 radical (unpaired) electrons. The third kappa shape index (κ3) is 1.37. The molecule has 0 aromatic heterocycles. The molecule has 0 unspecified atom stereocenters. The summed E-state index contributed by atoms with van der Waals surface area (Å²) in [6.45, 7) is 4.48. The summed E-state index contributed by atoms with van der Waals surface area (Å²) < 4.78 is 0. The minimum atomic E-state index is 0. The third-order valence-electron chi connectivity index (χ3n) is 1.30. The van der Waals surface area contributed by atoms with Crippen molar-refractivity contribution < 1.29 is 18.9 Å². The van der Waals surface area contributed by atoms with Crippen LogP contribution >= 0.6 is 0 Å². The predicted octanol–water partition coefficient (Wildman–Crippen LogP) is -1.52. The maximum absolute atomic E-state index is 2.33. The fraction of sp³-hybridized carbons (Fsp3) is 0.800. The fourth-order valence-electron chi connectivity index (χ4n) is 0.415. The van der Waals surface area contributed by atoms with Crippen molar-refractivity contribution in [2.45, 2.75) is 13.8 Å². The van der Waals surface area contributed by atoms with E-state index in [-0.39, 0.29) is 18.9 Å². The molecule has 0 heterocycles. The van der Waals surface area contributed by atoms with Crippen LogP contribution in [-0.4, -0.2) is 0 Å². The monoisotopic (exact) mass is 76.1 g/mol. The van der Waals surface area contributed by atoms with Crippen LogP contribution in [0.15, 0.2) is 0 Å². The Balaban J connectivity index is 0.000000250. The van der Waals surface area contributed by atoms with E-state index in [0.717, 1.165) is 11.8 Å². The molecule has 0 N–H and O–H groups in total. The Kier molecular flexibility index (Phi) is 2.25. The molecule has 1 heteroatoms. The summed E-state index contributed by atoms with van der Waals surface area (Å²) in [7, 11) is 0. The molecule has 1 rings (SSSR count). The topological polar surface area (TPSA) is 0 Å². The second kappa shape index (κ2) is 2.05. The fourth-order valence-corrected chi connectivity index (χ4v) is 0.415. The summed E-state index contributed by atoms with van der Waals surface area (Å²) in [5.74, 6) is 1.85. The minimum absolute atomic E-state index is 0. The van der Waals surface area contributed by atoms with Crippen LogP contribution in [0, 0.1) is 18.3 Å². The van der Waals surface area contributed by atoms with Gasteiger partial charge in [0, 0.05) is 0 Å². The smallest absolute Gasteiger partial charge is 0.327 e. The molecule has 6 heavy (non-hydrogen) atoms. The van der Waals surface area contributed by atoms with Gasteiger partial charge >= 0.3 is 18.9 Å². The quantitative estimate of drug-likeness (QED) is 0.243. The Morgan fingerprint density at radius 2 is 1.33 bits per heavy atom. The molecule has 1 saturated carbocycles. The first-order chi connectivity index (χ1) is 2.30. The largest absolute Gasteiger partial charge is 1.00 e. The van der Waals surface area contributed by atoms with E-state index in [9.17, 15) is 0 Å². The molecule has 30 valence electrons. The normalized spacial score (nSPS) is 41.0. The van der Waals surface area contributed by atoms with Crippen LogP contribution in [0.2, 0.25) is 0 Å². The molecule has 2 atom stereocenters. The number of hydrogen-bond donors (Lipinski definition) is 0. The van der Waals surface area contributed by atoms with Gasteiger partial charge in [-0.1, -0.05) is 13.8 Å². The second-order valence-corrected chi connectivity index (χ2v) is 1.91. The molecule has 0 nitrogen and oxygen atoms in total. The van der Waals surface area contributed by atoms with Gasteiger partial charge in [0.25, 0.3) is 0 Å². The Bertz CT molecular complexity index is 37.2. The first kappa shape index (κ1) is 6.60. The van der Waals surface area contributed by atoms with Gasteiger partial charge in [-0.05, 0) is 0 Å². The van der Waals surface area contributed by atoms with Crippen LogP contribution in [0.1, 0.15) is 13.8 Å². The number of hydrogen-bond acceptors (Lipinski definition) is 0. The van der Waals surface area contributed by atoms with Gasteiger partial charge in [-0.15, -0.1) is 0 Å². The molecular weight excluding hydrogens is 67.0 g/mol. The van der Waals surface area contributed by atoms with Gasteiger partial charge in [0.1, 0.15) is 0 Å². The van der Waals surface area contributed by atoms with E-state index >= 15 is 0 Å². The first-order valence-corrected chi connectivity index (χ1v) is 2.15. The summed E-state index contributed by atoms with van der Waals surface area (Å²) in [5.41, 5.74) is 0. The van der Waals surface area contributed by atoms with E-state index in [0.29, 0.717) is 0 Å². The summed E-state index contributed by atoms with van der Waals surface area (Å²) >= 11 is 0. The van der Waals surface area contributed by atoms with Gasteiger partial charge in [0.05, 0.1) is 0 Å². The molecule has 0 saturated heterocycles.